The number of hydrogen-bond donors (Lipinski definition) is 0. The summed E-state index contributed by atoms with van der Waals surface area (Å²) >= 11 is 0. The molecule has 0 spiro atoms. The van der Waals surface area contributed by atoms with E-state index in [-0.39, 0.29) is 17.9 Å². The van der Waals surface area contributed by atoms with Crippen molar-refractivity contribution in [2.75, 3.05) is 119 Å². The summed E-state index contributed by atoms with van der Waals surface area (Å²) < 4.78 is 12.5. The second-order valence-electron chi connectivity index (χ2n) is 21.6. The lowest BCUT2D eigenvalue weighted by molar-refractivity contribution is -0.128. The summed E-state index contributed by atoms with van der Waals surface area (Å²) in [4.78, 5) is 62.3. The number of likely N-dealkylation sites (tertiary alicyclic amines) is 2. The van der Waals surface area contributed by atoms with Crippen molar-refractivity contribution < 1.29 is 19.1 Å². The molecule has 16 heteroatoms. The lowest BCUT2D eigenvalue weighted by Gasteiger charge is -2.41. The number of aromatic nitrogens is 4. The van der Waals surface area contributed by atoms with Gasteiger partial charge in [0.05, 0.1) is 24.5 Å². The largest absolute Gasteiger partial charge is 0.462 e. The van der Waals surface area contributed by atoms with E-state index in [9.17, 15) is 9.59 Å². The third kappa shape index (κ3) is 11.1. The Morgan fingerprint density at radius 1 is 0.558 bits per heavy atom. The number of anilines is 4. The number of piperazine rings is 2. The molecule has 2 aromatic heterocycles. The summed E-state index contributed by atoms with van der Waals surface area (Å²) in [6.07, 6.45) is 9.22. The summed E-state index contributed by atoms with van der Waals surface area (Å²) in [5, 5.41) is 5.01. The van der Waals surface area contributed by atoms with E-state index in [1.807, 2.05) is 9.80 Å². The molecular weight excluding hydrogens is 965 g/mol. The van der Waals surface area contributed by atoms with Crippen molar-refractivity contribution in [1.82, 2.24) is 39.5 Å². The van der Waals surface area contributed by atoms with Crippen molar-refractivity contribution in [1.29, 1.82) is 0 Å². The number of likely N-dealkylation sites (N-methyl/N-ethyl adjacent to an activating group) is 2. The van der Waals surface area contributed by atoms with E-state index >= 15 is 0 Å². The second-order valence-corrected chi connectivity index (χ2v) is 21.6. The number of benzene rings is 4. The molecule has 16 nitrogen and oxygen atoms in total. The van der Waals surface area contributed by atoms with Gasteiger partial charge in [0.25, 0.3) is 0 Å². The average molecular weight is 1040 g/mol. The molecular formula is C61H74N12O4. The second kappa shape index (κ2) is 23.1. The molecule has 0 N–H and O–H groups in total. The van der Waals surface area contributed by atoms with Crippen LogP contribution in [-0.4, -0.2) is 169 Å². The molecule has 4 aromatic carbocycles. The molecule has 3 atom stereocenters. The maximum atomic E-state index is 12.3. The van der Waals surface area contributed by atoms with Crippen LogP contribution >= 0.6 is 0 Å². The first kappa shape index (κ1) is 51.8. The number of carbonyl (C=O) groups is 2. The van der Waals surface area contributed by atoms with Crippen LogP contribution in [0.1, 0.15) is 55.1 Å². The van der Waals surface area contributed by atoms with Crippen LogP contribution in [0.4, 0.5) is 23.0 Å². The topological polar surface area (TPSA) is 130 Å². The van der Waals surface area contributed by atoms with Gasteiger partial charge in [-0.1, -0.05) is 86.0 Å². The van der Waals surface area contributed by atoms with Gasteiger partial charge in [0.15, 0.2) is 0 Å². The molecule has 4 fully saturated rings. The molecule has 77 heavy (non-hydrogen) atoms. The summed E-state index contributed by atoms with van der Waals surface area (Å²) in [7, 11) is 4.32. The smallest absolute Gasteiger partial charge is 0.318 e. The van der Waals surface area contributed by atoms with Gasteiger partial charge in [0.2, 0.25) is 11.8 Å². The number of hydrogen-bond acceptors (Lipinski definition) is 14. The first-order chi connectivity index (χ1) is 37.6. The molecule has 0 saturated carbocycles. The highest BCUT2D eigenvalue weighted by Crippen LogP contribution is 2.37. The SMILES string of the molecule is C=CC(=O)N1CCN(c2nc(OCC3CCCN3C)nc3c2CCN(c2cccc4ccccc24)C3)C[C@H]1C.C=CC(=O)N1CCN(c2nc(OC[C@@H]3CCCN3C)nc3c2CCN(c2cccc4ccccc24)C3)CC1. The highest BCUT2D eigenvalue weighted by Gasteiger charge is 2.34. The van der Waals surface area contributed by atoms with Crippen molar-refractivity contribution in [2.24, 2.45) is 0 Å². The zero-order valence-electron chi connectivity index (χ0n) is 45.2. The third-order valence-corrected chi connectivity index (χ3v) is 16.9. The van der Waals surface area contributed by atoms with Gasteiger partial charge in [-0.3, -0.25) is 9.59 Å². The van der Waals surface area contributed by atoms with Crippen molar-refractivity contribution in [3.05, 3.63) is 133 Å². The fraction of sp³-hybridized carbons (Fsp3) is 0.443. The number of ether oxygens (including phenoxy) is 2. The zero-order chi connectivity index (χ0) is 53.0. The number of carbonyl (C=O) groups excluding carboxylic acids is 2. The average Bonchev–Trinajstić information content (AvgIpc) is 4.12. The van der Waals surface area contributed by atoms with Crippen molar-refractivity contribution >= 4 is 56.4 Å². The highest BCUT2D eigenvalue weighted by atomic mass is 16.5. The van der Waals surface area contributed by atoms with Crippen LogP contribution in [-0.2, 0) is 35.5 Å². The maximum absolute atomic E-state index is 12.3. The van der Waals surface area contributed by atoms with Crippen LogP contribution in [0, 0.1) is 0 Å². The quantitative estimate of drug-likeness (QED) is 0.113. The minimum atomic E-state index is -0.0118. The standard InChI is InChI=1S/C31H38N6O2.C30H36N6O2/c1-4-29(38)37-18-17-36(19-22(37)2)30-26-14-16-35(28-13-7-10-23-9-5-6-12-25(23)28)20-27(26)32-31(33-30)39-21-24-11-8-15-34(24)3;1-3-28(37)34-16-18-35(19-17-34)29-25-13-15-36(27-12-6-9-22-8-4-5-11-24(22)27)20-26(25)31-30(32-29)38-21-23-10-7-14-33(23)2/h4-7,9-10,12-13,22,24H,1,8,11,14-21H2,2-3H3;3-6,8-9,11-12,23H,1,7,10,13-21H2,2H3/t22-,24?;23-/m10/s1. The van der Waals surface area contributed by atoms with Gasteiger partial charge < -0.3 is 48.7 Å². The predicted octanol–water partition coefficient (Wildman–Crippen LogP) is 7.39. The molecule has 8 heterocycles. The van der Waals surface area contributed by atoms with Crippen LogP contribution in [0.3, 0.4) is 0 Å². The Morgan fingerprint density at radius 2 is 1.04 bits per heavy atom. The van der Waals surface area contributed by atoms with Gasteiger partial charge in [-0.15, -0.1) is 0 Å². The molecule has 4 saturated heterocycles. The monoisotopic (exact) mass is 1040 g/mol. The summed E-state index contributed by atoms with van der Waals surface area (Å²) in [6.45, 7) is 20.9. The molecule has 2 amide bonds. The molecule has 6 aromatic rings. The normalized spacial score (nSPS) is 20.9. The minimum absolute atomic E-state index is 0.00944. The predicted molar refractivity (Wildman–Crippen MR) is 306 cm³/mol. The van der Waals surface area contributed by atoms with E-state index in [1.165, 1.54) is 69.0 Å². The molecule has 6 aliphatic rings. The van der Waals surface area contributed by atoms with E-state index in [2.05, 4.69) is 149 Å². The van der Waals surface area contributed by atoms with E-state index in [0.29, 0.717) is 70.0 Å². The van der Waals surface area contributed by atoms with Crippen LogP contribution in [0.25, 0.3) is 21.5 Å². The fourth-order valence-corrected chi connectivity index (χ4v) is 12.4. The summed E-state index contributed by atoms with van der Waals surface area (Å²) in [6, 6.07) is 31.9. The molecule has 0 bridgehead atoms. The van der Waals surface area contributed by atoms with Gasteiger partial charge in [-0.2, -0.15) is 19.9 Å². The third-order valence-electron chi connectivity index (χ3n) is 16.9. The Labute approximate surface area is 453 Å². The van der Waals surface area contributed by atoms with Gasteiger partial charge >= 0.3 is 12.0 Å². The molecule has 12 rings (SSSR count). The number of nitrogens with zero attached hydrogens (tertiary/aromatic N) is 12. The maximum Gasteiger partial charge on any atom is 0.318 e. The number of fused-ring (bicyclic) bond motifs is 4. The Kier molecular flexibility index (Phi) is 15.6. The minimum Gasteiger partial charge on any atom is -0.462 e. The zero-order valence-corrected chi connectivity index (χ0v) is 45.2. The fourth-order valence-electron chi connectivity index (χ4n) is 12.4. The van der Waals surface area contributed by atoms with E-state index in [4.69, 9.17) is 29.4 Å². The highest BCUT2D eigenvalue weighted by molar-refractivity contribution is 5.95. The first-order valence-corrected chi connectivity index (χ1v) is 27.9. The van der Waals surface area contributed by atoms with Gasteiger partial charge in [-0.05, 0) is 108 Å². The summed E-state index contributed by atoms with van der Waals surface area (Å²) in [5.74, 6) is 1.91. The van der Waals surface area contributed by atoms with Crippen LogP contribution < -0.4 is 29.1 Å². The number of rotatable bonds is 12. The van der Waals surface area contributed by atoms with Gasteiger partial charge in [0, 0.05) is 110 Å². The Balaban J connectivity index is 0.000000164. The van der Waals surface area contributed by atoms with Crippen molar-refractivity contribution in [3.63, 3.8) is 0 Å². The molecule has 6 aliphatic heterocycles. The Hall–Kier alpha value is -7.30. The van der Waals surface area contributed by atoms with Crippen LogP contribution in [0.15, 0.2) is 110 Å². The summed E-state index contributed by atoms with van der Waals surface area (Å²) in [5.41, 5.74) is 6.95. The van der Waals surface area contributed by atoms with Gasteiger partial charge in [0.1, 0.15) is 24.8 Å². The molecule has 402 valence electrons. The van der Waals surface area contributed by atoms with E-state index in [0.717, 1.165) is 101 Å². The molecule has 1 unspecified atom stereocenters. The van der Waals surface area contributed by atoms with Crippen LogP contribution in [0.2, 0.25) is 0 Å². The van der Waals surface area contributed by atoms with Crippen molar-refractivity contribution in [2.45, 2.75) is 76.7 Å². The van der Waals surface area contributed by atoms with Crippen LogP contribution in [0.5, 0.6) is 12.0 Å². The Bertz CT molecular complexity index is 3110. The first-order valence-electron chi connectivity index (χ1n) is 27.9. The molecule has 0 radical (unpaired) electrons. The number of amides is 2. The van der Waals surface area contributed by atoms with E-state index < -0.39 is 0 Å². The van der Waals surface area contributed by atoms with E-state index in [1.54, 1.807) is 0 Å². The van der Waals surface area contributed by atoms with Crippen molar-refractivity contribution in [3.8, 4) is 12.0 Å². The van der Waals surface area contributed by atoms with Gasteiger partial charge in [-0.25, -0.2) is 0 Å². The molecule has 0 aliphatic carbocycles. The Morgan fingerprint density at radius 3 is 1.52 bits per heavy atom. The lowest BCUT2D eigenvalue weighted by atomic mass is 10.0. The lowest BCUT2D eigenvalue weighted by Crippen LogP contribution is -2.54.